The zero-order valence-electron chi connectivity index (χ0n) is 17.0. The van der Waals surface area contributed by atoms with Crippen LogP contribution in [0.3, 0.4) is 0 Å². The molecular formula is C22H33N3O2. The van der Waals surface area contributed by atoms with E-state index in [1.807, 2.05) is 37.5 Å². The third-order valence-corrected chi connectivity index (χ3v) is 5.25. The minimum absolute atomic E-state index is 0.415. The highest BCUT2D eigenvalue weighted by Crippen LogP contribution is 2.37. The van der Waals surface area contributed by atoms with Crippen molar-refractivity contribution >= 4 is 17.3 Å². The van der Waals surface area contributed by atoms with Crippen LogP contribution in [0.5, 0.6) is 0 Å². The number of amides is 1. The summed E-state index contributed by atoms with van der Waals surface area (Å²) in [6.07, 6.45) is 14.8. The lowest BCUT2D eigenvalue weighted by Crippen LogP contribution is -2.28. The summed E-state index contributed by atoms with van der Waals surface area (Å²) in [5.74, 6) is 0.438. The summed E-state index contributed by atoms with van der Waals surface area (Å²) < 4.78 is 7.39. The van der Waals surface area contributed by atoms with E-state index in [9.17, 15) is 4.79 Å². The van der Waals surface area contributed by atoms with Gasteiger partial charge in [0.2, 0.25) is 0 Å². The van der Waals surface area contributed by atoms with Crippen LogP contribution in [-0.4, -0.2) is 21.3 Å². The Morgan fingerprint density at radius 2 is 1.74 bits per heavy atom. The zero-order chi connectivity index (χ0) is 19.3. The van der Waals surface area contributed by atoms with Gasteiger partial charge in [-0.1, -0.05) is 44.9 Å². The Labute approximate surface area is 162 Å². The average molecular weight is 372 g/mol. The third kappa shape index (κ3) is 5.47. The Kier molecular flexibility index (Phi) is 6.40. The lowest BCUT2D eigenvalue weighted by Gasteiger charge is -2.24. The van der Waals surface area contributed by atoms with Crippen molar-refractivity contribution in [1.82, 2.24) is 9.61 Å². The minimum Gasteiger partial charge on any atom is -0.444 e. The first-order valence-electron chi connectivity index (χ1n) is 10.4. The first kappa shape index (κ1) is 19.7. The SMILES string of the molecule is CC(C)(C)OC(=O)Nc1cnn2cccc2c1C1CCCCCCCCC1. The predicted octanol–water partition coefficient (Wildman–Crippen LogP) is 6.29. The fourth-order valence-electron chi connectivity index (χ4n) is 4.05. The highest BCUT2D eigenvalue weighted by Gasteiger charge is 2.23. The molecule has 1 saturated carbocycles. The smallest absolute Gasteiger partial charge is 0.412 e. The Morgan fingerprint density at radius 1 is 1.11 bits per heavy atom. The number of aromatic nitrogens is 2. The number of carbonyl (C=O) groups excluding carboxylic acids is 1. The summed E-state index contributed by atoms with van der Waals surface area (Å²) in [7, 11) is 0. The second-order valence-electron chi connectivity index (χ2n) is 8.69. The summed E-state index contributed by atoms with van der Waals surface area (Å²) in [6.45, 7) is 5.63. The van der Waals surface area contributed by atoms with E-state index in [0.717, 1.165) is 24.0 Å². The van der Waals surface area contributed by atoms with Gasteiger partial charge in [0.25, 0.3) is 0 Å². The molecule has 1 aliphatic carbocycles. The molecule has 0 saturated heterocycles. The van der Waals surface area contributed by atoms with Gasteiger partial charge < -0.3 is 4.74 Å². The number of nitrogens with one attached hydrogen (secondary N) is 1. The molecule has 0 aromatic carbocycles. The van der Waals surface area contributed by atoms with E-state index in [1.54, 1.807) is 6.20 Å². The average Bonchev–Trinajstić information content (AvgIpc) is 3.06. The highest BCUT2D eigenvalue weighted by molar-refractivity contribution is 5.87. The molecule has 5 heteroatoms. The topological polar surface area (TPSA) is 55.6 Å². The molecule has 0 atom stereocenters. The number of fused-ring (bicyclic) bond motifs is 1. The fraction of sp³-hybridized carbons (Fsp3) is 0.636. The number of nitrogens with zero attached hydrogens (tertiary/aromatic N) is 2. The number of hydrogen-bond donors (Lipinski definition) is 1. The normalized spacial score (nSPS) is 17.6. The van der Waals surface area contributed by atoms with Gasteiger partial charge in [-0.3, -0.25) is 5.32 Å². The molecule has 5 nitrogen and oxygen atoms in total. The van der Waals surface area contributed by atoms with Crippen molar-refractivity contribution in [2.45, 2.75) is 90.1 Å². The van der Waals surface area contributed by atoms with E-state index in [0.29, 0.717) is 5.92 Å². The molecule has 2 heterocycles. The lowest BCUT2D eigenvalue weighted by atomic mass is 9.86. The van der Waals surface area contributed by atoms with Crippen LogP contribution in [0, 0.1) is 0 Å². The number of rotatable bonds is 2. The molecule has 27 heavy (non-hydrogen) atoms. The molecule has 2 aromatic heterocycles. The van der Waals surface area contributed by atoms with Crippen LogP contribution in [0.4, 0.5) is 10.5 Å². The van der Waals surface area contributed by atoms with Crippen LogP contribution >= 0.6 is 0 Å². The van der Waals surface area contributed by atoms with E-state index in [2.05, 4.69) is 16.5 Å². The predicted molar refractivity (Wildman–Crippen MR) is 109 cm³/mol. The van der Waals surface area contributed by atoms with Gasteiger partial charge >= 0.3 is 6.09 Å². The Morgan fingerprint density at radius 3 is 2.37 bits per heavy atom. The van der Waals surface area contributed by atoms with Crippen molar-refractivity contribution < 1.29 is 9.53 Å². The monoisotopic (exact) mass is 371 g/mol. The van der Waals surface area contributed by atoms with E-state index in [-0.39, 0.29) is 0 Å². The molecular weight excluding hydrogens is 338 g/mol. The van der Waals surface area contributed by atoms with Crippen LogP contribution in [0.25, 0.3) is 5.52 Å². The Bertz CT molecular complexity index is 750. The highest BCUT2D eigenvalue weighted by atomic mass is 16.6. The van der Waals surface area contributed by atoms with Gasteiger partial charge in [-0.2, -0.15) is 5.10 Å². The summed E-state index contributed by atoms with van der Waals surface area (Å²) >= 11 is 0. The van der Waals surface area contributed by atoms with Gasteiger partial charge in [-0.25, -0.2) is 9.31 Å². The van der Waals surface area contributed by atoms with Crippen LogP contribution in [0.1, 0.15) is 90.0 Å². The van der Waals surface area contributed by atoms with Crippen LogP contribution in [-0.2, 0) is 4.74 Å². The van der Waals surface area contributed by atoms with Gasteiger partial charge in [-0.15, -0.1) is 0 Å². The quantitative estimate of drug-likeness (QED) is 0.675. The largest absolute Gasteiger partial charge is 0.444 e. The molecule has 0 bridgehead atoms. The Hall–Kier alpha value is -2.04. The van der Waals surface area contributed by atoms with Gasteiger partial charge in [-0.05, 0) is 51.7 Å². The van der Waals surface area contributed by atoms with Crippen molar-refractivity contribution in [2.24, 2.45) is 0 Å². The molecule has 0 unspecified atom stereocenters. The van der Waals surface area contributed by atoms with Crippen LogP contribution in [0.2, 0.25) is 0 Å². The molecule has 1 amide bonds. The van der Waals surface area contributed by atoms with Crippen molar-refractivity contribution in [3.05, 3.63) is 30.1 Å². The van der Waals surface area contributed by atoms with Crippen LogP contribution < -0.4 is 5.32 Å². The van der Waals surface area contributed by atoms with Gasteiger partial charge in [0, 0.05) is 11.8 Å². The number of carbonyl (C=O) groups is 1. The maximum atomic E-state index is 12.4. The van der Waals surface area contributed by atoms with E-state index >= 15 is 0 Å². The van der Waals surface area contributed by atoms with E-state index in [1.165, 1.54) is 50.5 Å². The third-order valence-electron chi connectivity index (χ3n) is 5.25. The molecule has 1 N–H and O–H groups in total. The second-order valence-corrected chi connectivity index (χ2v) is 8.69. The zero-order valence-corrected chi connectivity index (χ0v) is 17.0. The first-order valence-corrected chi connectivity index (χ1v) is 10.4. The molecule has 2 aromatic rings. The molecule has 1 fully saturated rings. The molecule has 148 valence electrons. The number of hydrogen-bond acceptors (Lipinski definition) is 3. The number of ether oxygens (including phenoxy) is 1. The molecule has 0 spiro atoms. The summed E-state index contributed by atoms with van der Waals surface area (Å²) in [6, 6.07) is 4.12. The van der Waals surface area contributed by atoms with Crippen molar-refractivity contribution in [3.63, 3.8) is 0 Å². The minimum atomic E-state index is -0.521. The van der Waals surface area contributed by atoms with Gasteiger partial charge in [0.05, 0.1) is 17.4 Å². The van der Waals surface area contributed by atoms with E-state index < -0.39 is 11.7 Å². The summed E-state index contributed by atoms with van der Waals surface area (Å²) in [5, 5.41) is 7.44. The standard InChI is InChI=1S/C22H33N3O2/c1-22(2,3)27-21(26)24-18-16-23-25-15-11-14-19(25)20(18)17-12-9-7-5-4-6-8-10-13-17/h11,14-17H,4-10,12-13H2,1-3H3,(H,24,26). The Balaban J connectivity index is 1.90. The maximum Gasteiger partial charge on any atom is 0.412 e. The maximum absolute atomic E-state index is 12.4. The fourth-order valence-corrected chi connectivity index (χ4v) is 4.05. The van der Waals surface area contributed by atoms with Crippen molar-refractivity contribution in [3.8, 4) is 0 Å². The summed E-state index contributed by atoms with van der Waals surface area (Å²) in [5.41, 5.74) is 2.57. The molecule has 3 rings (SSSR count). The van der Waals surface area contributed by atoms with Crippen molar-refractivity contribution in [1.29, 1.82) is 0 Å². The molecule has 0 aliphatic heterocycles. The van der Waals surface area contributed by atoms with Gasteiger partial charge in [0.1, 0.15) is 5.60 Å². The lowest BCUT2D eigenvalue weighted by molar-refractivity contribution is 0.0635. The summed E-state index contributed by atoms with van der Waals surface area (Å²) in [4.78, 5) is 12.4. The number of anilines is 1. The molecule has 1 aliphatic rings. The first-order chi connectivity index (χ1) is 12.9. The molecule has 0 radical (unpaired) electrons. The second kappa shape index (κ2) is 8.77. The van der Waals surface area contributed by atoms with E-state index in [4.69, 9.17) is 4.74 Å². The van der Waals surface area contributed by atoms with Gasteiger partial charge in [0.15, 0.2) is 0 Å². The van der Waals surface area contributed by atoms with Crippen LogP contribution in [0.15, 0.2) is 24.5 Å². The van der Waals surface area contributed by atoms with Crippen molar-refractivity contribution in [2.75, 3.05) is 5.32 Å².